The van der Waals surface area contributed by atoms with Crippen LogP contribution in [0, 0.1) is 0 Å². The molecule has 1 aliphatic heterocycles. The number of guanidine groups is 1. The van der Waals surface area contributed by atoms with Gasteiger partial charge < -0.3 is 19.8 Å². The van der Waals surface area contributed by atoms with E-state index in [1.807, 2.05) is 12.1 Å². The van der Waals surface area contributed by atoms with E-state index in [1.165, 1.54) is 0 Å². The summed E-state index contributed by atoms with van der Waals surface area (Å²) in [4.78, 5) is 7.00. The summed E-state index contributed by atoms with van der Waals surface area (Å²) in [7, 11) is 0. The Bertz CT molecular complexity index is 406. The lowest BCUT2D eigenvalue weighted by Crippen LogP contribution is -2.40. The fraction of sp³-hybridized carbons (Fsp3) is 0.667. The van der Waals surface area contributed by atoms with Gasteiger partial charge in [-0.2, -0.15) is 0 Å². The number of hydrogen-bond acceptors (Lipinski definition) is 4. The second-order valence-corrected chi connectivity index (χ2v) is 4.97. The van der Waals surface area contributed by atoms with E-state index < -0.39 is 0 Å². The van der Waals surface area contributed by atoms with Gasteiger partial charge in [-0.1, -0.05) is 0 Å². The maximum atomic E-state index is 5.34. The van der Waals surface area contributed by atoms with Crippen molar-refractivity contribution in [1.82, 2.24) is 15.5 Å². The number of halogens is 1. The molecule has 1 saturated heterocycles. The van der Waals surface area contributed by atoms with Gasteiger partial charge in [0.1, 0.15) is 5.76 Å². The van der Waals surface area contributed by atoms with Crippen LogP contribution in [0.25, 0.3) is 0 Å². The molecule has 0 atom stereocenters. The SMILES string of the molecule is CCNC(=NCCN1CCOCC1)NCCc1ccco1.I. The zero-order chi connectivity index (χ0) is 14.8. The second-order valence-electron chi connectivity index (χ2n) is 4.97. The van der Waals surface area contributed by atoms with Gasteiger partial charge in [-0.05, 0) is 19.1 Å². The first-order valence-corrected chi connectivity index (χ1v) is 7.73. The third-order valence-electron chi connectivity index (χ3n) is 3.38. The third-order valence-corrected chi connectivity index (χ3v) is 3.38. The van der Waals surface area contributed by atoms with Crippen LogP contribution in [0.5, 0.6) is 0 Å². The summed E-state index contributed by atoms with van der Waals surface area (Å²) in [5.41, 5.74) is 0. The highest BCUT2D eigenvalue weighted by Crippen LogP contribution is 1.99. The van der Waals surface area contributed by atoms with E-state index in [0.29, 0.717) is 0 Å². The summed E-state index contributed by atoms with van der Waals surface area (Å²) in [6.45, 7) is 9.24. The van der Waals surface area contributed by atoms with E-state index in [2.05, 4.69) is 27.4 Å². The molecule has 0 bridgehead atoms. The number of nitrogens with zero attached hydrogens (tertiary/aromatic N) is 2. The van der Waals surface area contributed by atoms with Crippen molar-refractivity contribution in [3.8, 4) is 0 Å². The molecule has 0 saturated carbocycles. The third kappa shape index (κ3) is 7.46. The van der Waals surface area contributed by atoms with Crippen LogP contribution in [0.4, 0.5) is 0 Å². The molecular weight excluding hydrogens is 395 g/mol. The molecule has 1 fully saturated rings. The standard InChI is InChI=1S/C15H26N4O2.HI/c1-2-16-15(17-6-5-14-4-3-11-21-14)18-7-8-19-9-12-20-13-10-19;/h3-4,11H,2,5-10,12-13H2,1H3,(H2,16,17,18);1H. The van der Waals surface area contributed by atoms with Gasteiger partial charge in [-0.3, -0.25) is 9.89 Å². The molecule has 1 aromatic heterocycles. The Morgan fingerprint density at radius 1 is 1.32 bits per heavy atom. The van der Waals surface area contributed by atoms with Crippen LogP contribution in [0.2, 0.25) is 0 Å². The van der Waals surface area contributed by atoms with Crippen LogP contribution in [-0.4, -0.2) is 63.3 Å². The molecule has 0 aromatic carbocycles. The molecule has 0 radical (unpaired) electrons. The zero-order valence-corrected chi connectivity index (χ0v) is 15.5. The van der Waals surface area contributed by atoms with E-state index in [0.717, 1.165) is 70.6 Å². The first-order valence-electron chi connectivity index (χ1n) is 7.73. The predicted molar refractivity (Wildman–Crippen MR) is 99.1 cm³/mol. The quantitative estimate of drug-likeness (QED) is 0.395. The topological polar surface area (TPSA) is 62.0 Å². The number of furan rings is 1. The van der Waals surface area contributed by atoms with Crippen molar-refractivity contribution in [3.63, 3.8) is 0 Å². The fourth-order valence-electron chi connectivity index (χ4n) is 2.23. The van der Waals surface area contributed by atoms with Gasteiger partial charge in [0.05, 0.1) is 26.0 Å². The summed E-state index contributed by atoms with van der Waals surface area (Å²) < 4.78 is 10.7. The number of aliphatic imine (C=N–C) groups is 1. The van der Waals surface area contributed by atoms with Crippen LogP contribution in [0.15, 0.2) is 27.8 Å². The molecule has 1 aromatic rings. The van der Waals surface area contributed by atoms with Crippen LogP contribution in [0.3, 0.4) is 0 Å². The lowest BCUT2D eigenvalue weighted by Gasteiger charge is -2.25. The molecule has 0 spiro atoms. The highest BCUT2D eigenvalue weighted by Gasteiger charge is 2.09. The molecule has 0 unspecified atom stereocenters. The van der Waals surface area contributed by atoms with Crippen LogP contribution < -0.4 is 10.6 Å². The predicted octanol–water partition coefficient (Wildman–Crippen LogP) is 1.33. The smallest absolute Gasteiger partial charge is 0.191 e. The fourth-order valence-corrected chi connectivity index (χ4v) is 2.23. The Kier molecular flexibility index (Phi) is 10.3. The molecular formula is C15H27IN4O2. The van der Waals surface area contributed by atoms with Crippen LogP contribution in [0.1, 0.15) is 12.7 Å². The Balaban J connectivity index is 0.00000242. The number of rotatable bonds is 7. The van der Waals surface area contributed by atoms with E-state index in [9.17, 15) is 0 Å². The maximum absolute atomic E-state index is 5.34. The number of nitrogens with one attached hydrogen (secondary N) is 2. The molecule has 6 nitrogen and oxygen atoms in total. The van der Waals surface area contributed by atoms with Crippen LogP contribution >= 0.6 is 24.0 Å². The Hall–Kier alpha value is -0.800. The molecule has 22 heavy (non-hydrogen) atoms. The summed E-state index contributed by atoms with van der Waals surface area (Å²) >= 11 is 0. The molecule has 126 valence electrons. The van der Waals surface area contributed by atoms with Gasteiger partial charge >= 0.3 is 0 Å². The second kappa shape index (κ2) is 11.7. The summed E-state index contributed by atoms with van der Waals surface area (Å²) in [5, 5.41) is 6.60. The lowest BCUT2D eigenvalue weighted by atomic mass is 10.3. The van der Waals surface area contributed by atoms with Crippen molar-refractivity contribution < 1.29 is 9.15 Å². The molecule has 1 aliphatic rings. The molecule has 0 aliphatic carbocycles. The summed E-state index contributed by atoms with van der Waals surface area (Å²) in [5.74, 6) is 1.86. The van der Waals surface area contributed by atoms with E-state index in [-0.39, 0.29) is 24.0 Å². The molecule has 7 heteroatoms. The lowest BCUT2D eigenvalue weighted by molar-refractivity contribution is 0.0394. The van der Waals surface area contributed by atoms with E-state index in [1.54, 1.807) is 6.26 Å². The van der Waals surface area contributed by atoms with Crippen molar-refractivity contribution in [1.29, 1.82) is 0 Å². The van der Waals surface area contributed by atoms with Gasteiger partial charge in [0.2, 0.25) is 0 Å². The number of hydrogen-bond donors (Lipinski definition) is 2. The first kappa shape index (κ1) is 19.2. The van der Waals surface area contributed by atoms with Crippen molar-refractivity contribution in [2.24, 2.45) is 4.99 Å². The Morgan fingerprint density at radius 3 is 2.82 bits per heavy atom. The van der Waals surface area contributed by atoms with E-state index in [4.69, 9.17) is 9.15 Å². The Morgan fingerprint density at radius 2 is 2.14 bits per heavy atom. The highest BCUT2D eigenvalue weighted by molar-refractivity contribution is 14.0. The minimum absolute atomic E-state index is 0. The monoisotopic (exact) mass is 422 g/mol. The molecule has 2 N–H and O–H groups in total. The highest BCUT2D eigenvalue weighted by atomic mass is 127. The maximum Gasteiger partial charge on any atom is 0.191 e. The molecule has 2 heterocycles. The number of morpholine rings is 1. The van der Waals surface area contributed by atoms with Crippen molar-refractivity contribution >= 4 is 29.9 Å². The Labute approximate surface area is 149 Å². The van der Waals surface area contributed by atoms with Gasteiger partial charge in [0, 0.05) is 39.1 Å². The molecule has 0 amide bonds. The zero-order valence-electron chi connectivity index (χ0n) is 13.2. The summed E-state index contributed by atoms with van der Waals surface area (Å²) in [6, 6.07) is 3.90. The molecule has 2 rings (SSSR count). The van der Waals surface area contributed by atoms with Gasteiger partial charge in [-0.15, -0.1) is 24.0 Å². The van der Waals surface area contributed by atoms with Gasteiger partial charge in [0.15, 0.2) is 5.96 Å². The van der Waals surface area contributed by atoms with E-state index >= 15 is 0 Å². The largest absolute Gasteiger partial charge is 0.469 e. The minimum atomic E-state index is 0. The van der Waals surface area contributed by atoms with Crippen molar-refractivity contribution in [3.05, 3.63) is 24.2 Å². The van der Waals surface area contributed by atoms with Crippen molar-refractivity contribution in [2.75, 3.05) is 52.5 Å². The number of ether oxygens (including phenoxy) is 1. The average Bonchev–Trinajstić information content (AvgIpc) is 3.02. The normalized spacial score (nSPS) is 16.1. The average molecular weight is 422 g/mol. The summed E-state index contributed by atoms with van der Waals surface area (Å²) in [6.07, 6.45) is 2.57. The first-order chi connectivity index (χ1) is 10.4. The van der Waals surface area contributed by atoms with Crippen LogP contribution in [-0.2, 0) is 11.2 Å². The minimum Gasteiger partial charge on any atom is -0.469 e. The van der Waals surface area contributed by atoms with Crippen molar-refractivity contribution in [2.45, 2.75) is 13.3 Å². The van der Waals surface area contributed by atoms with Gasteiger partial charge in [0.25, 0.3) is 0 Å². The van der Waals surface area contributed by atoms with Gasteiger partial charge in [-0.25, -0.2) is 0 Å².